The van der Waals surface area contributed by atoms with Gasteiger partial charge in [-0.3, -0.25) is 9.59 Å². The van der Waals surface area contributed by atoms with Crippen molar-refractivity contribution in [3.05, 3.63) is 113 Å². The van der Waals surface area contributed by atoms with Crippen LogP contribution in [0.3, 0.4) is 0 Å². The minimum atomic E-state index is -1.27. The van der Waals surface area contributed by atoms with E-state index >= 15 is 0 Å². The van der Waals surface area contributed by atoms with E-state index in [9.17, 15) is 14.7 Å². The number of allylic oxidation sites excluding steroid dienone is 1. The van der Waals surface area contributed by atoms with Crippen LogP contribution in [0.1, 0.15) is 45.7 Å². The monoisotopic (exact) mass is 451 g/mol. The van der Waals surface area contributed by atoms with Gasteiger partial charge in [-0.25, -0.2) is 0 Å². The first kappa shape index (κ1) is 21.9. The minimum Gasteiger partial charge on any atom is -0.485 e. The Labute approximate surface area is 198 Å². The van der Waals surface area contributed by atoms with E-state index in [1.54, 1.807) is 36.4 Å². The number of aliphatic hydroxyl groups excluding tert-OH is 1. The van der Waals surface area contributed by atoms with Crippen molar-refractivity contribution in [2.75, 3.05) is 5.32 Å². The first-order chi connectivity index (χ1) is 16.3. The molecule has 1 heterocycles. The Bertz CT molecular complexity index is 1320. The highest BCUT2D eigenvalue weighted by atomic mass is 16.5. The molecule has 0 radical (unpaired) electrons. The predicted molar refractivity (Wildman–Crippen MR) is 133 cm³/mol. The minimum absolute atomic E-state index is 0.0881. The van der Waals surface area contributed by atoms with E-state index in [4.69, 9.17) is 4.74 Å². The Morgan fingerprint density at radius 1 is 0.941 bits per heavy atom. The standard InChI is InChI=1S/C29H25NO4/c1-29(2)28(24-26(33)25(32)21-10-6-7-11-22(21)27(24)34-29)30-20-15-13-19(14-16-20)23(31)17-12-18-8-4-3-5-9-18/h3-17,26,28,30,33H,1-2H3/b17-12+. The molecule has 0 aromatic heterocycles. The maximum Gasteiger partial charge on any atom is 0.196 e. The Morgan fingerprint density at radius 3 is 2.29 bits per heavy atom. The average molecular weight is 452 g/mol. The van der Waals surface area contributed by atoms with Crippen LogP contribution in [0.25, 0.3) is 11.8 Å². The van der Waals surface area contributed by atoms with Crippen molar-refractivity contribution in [1.29, 1.82) is 0 Å². The molecule has 170 valence electrons. The van der Waals surface area contributed by atoms with Crippen molar-refractivity contribution >= 4 is 29.1 Å². The molecule has 2 aliphatic rings. The van der Waals surface area contributed by atoms with Gasteiger partial charge in [0.1, 0.15) is 17.5 Å². The van der Waals surface area contributed by atoms with Gasteiger partial charge in [0.25, 0.3) is 0 Å². The lowest BCUT2D eigenvalue weighted by molar-refractivity contribution is 0.0782. The number of ketones is 2. The second-order valence-corrected chi connectivity index (χ2v) is 9.07. The van der Waals surface area contributed by atoms with E-state index in [-0.39, 0.29) is 11.6 Å². The van der Waals surface area contributed by atoms with Crippen LogP contribution < -0.4 is 5.32 Å². The first-order valence-corrected chi connectivity index (χ1v) is 11.2. The van der Waals surface area contributed by atoms with Crippen LogP contribution in [0.5, 0.6) is 0 Å². The summed E-state index contributed by atoms with van der Waals surface area (Å²) in [6.07, 6.45) is 2.08. The second kappa shape index (κ2) is 8.43. The maximum atomic E-state index is 12.8. The summed E-state index contributed by atoms with van der Waals surface area (Å²) in [5.74, 6) is 0.145. The molecule has 0 saturated carbocycles. The lowest BCUT2D eigenvalue weighted by Crippen LogP contribution is -2.44. The van der Waals surface area contributed by atoms with E-state index in [1.165, 1.54) is 0 Å². The number of hydrogen-bond donors (Lipinski definition) is 2. The number of ether oxygens (including phenoxy) is 1. The van der Waals surface area contributed by atoms with Crippen LogP contribution in [-0.4, -0.2) is 34.4 Å². The van der Waals surface area contributed by atoms with Crippen LogP contribution >= 0.6 is 0 Å². The van der Waals surface area contributed by atoms with Gasteiger partial charge in [0, 0.05) is 28.0 Å². The summed E-state index contributed by atoms with van der Waals surface area (Å²) in [7, 11) is 0. The van der Waals surface area contributed by atoms with E-state index in [0.717, 1.165) is 11.3 Å². The number of aliphatic hydroxyl groups is 1. The molecule has 5 heteroatoms. The Kier molecular flexibility index (Phi) is 5.42. The average Bonchev–Trinajstić information content (AvgIpc) is 3.12. The molecule has 0 spiro atoms. The highest BCUT2D eigenvalue weighted by Gasteiger charge is 2.50. The third kappa shape index (κ3) is 3.84. The van der Waals surface area contributed by atoms with E-state index in [0.29, 0.717) is 28.0 Å². The zero-order valence-electron chi connectivity index (χ0n) is 19.0. The third-order valence-electron chi connectivity index (χ3n) is 6.32. The van der Waals surface area contributed by atoms with Crippen LogP contribution in [0.4, 0.5) is 5.69 Å². The van der Waals surface area contributed by atoms with Crippen molar-refractivity contribution < 1.29 is 19.4 Å². The molecule has 5 rings (SSSR count). The van der Waals surface area contributed by atoms with Gasteiger partial charge in [-0.2, -0.15) is 0 Å². The largest absolute Gasteiger partial charge is 0.485 e. The van der Waals surface area contributed by atoms with E-state index in [1.807, 2.05) is 68.4 Å². The van der Waals surface area contributed by atoms with Crippen LogP contribution in [0.2, 0.25) is 0 Å². The number of anilines is 1. The molecule has 0 saturated heterocycles. The molecule has 0 fully saturated rings. The molecule has 2 unspecified atom stereocenters. The van der Waals surface area contributed by atoms with Gasteiger partial charge in [0.15, 0.2) is 11.6 Å². The molecule has 2 N–H and O–H groups in total. The fourth-order valence-corrected chi connectivity index (χ4v) is 4.54. The van der Waals surface area contributed by atoms with Crippen LogP contribution in [0, 0.1) is 0 Å². The fraction of sp³-hybridized carbons (Fsp3) is 0.172. The number of rotatable bonds is 5. The fourth-order valence-electron chi connectivity index (χ4n) is 4.54. The second-order valence-electron chi connectivity index (χ2n) is 9.07. The smallest absolute Gasteiger partial charge is 0.196 e. The zero-order chi connectivity index (χ0) is 23.9. The molecule has 34 heavy (non-hydrogen) atoms. The maximum absolute atomic E-state index is 12.8. The topological polar surface area (TPSA) is 75.6 Å². The highest BCUT2D eigenvalue weighted by molar-refractivity contribution is 6.09. The number of carbonyl (C=O) groups excluding carboxylic acids is 2. The van der Waals surface area contributed by atoms with Gasteiger partial charge in [-0.15, -0.1) is 0 Å². The zero-order valence-corrected chi connectivity index (χ0v) is 19.0. The molecular formula is C29H25NO4. The summed E-state index contributed by atoms with van der Waals surface area (Å²) in [5.41, 5.74) is 3.31. The summed E-state index contributed by atoms with van der Waals surface area (Å²) in [6, 6.07) is 23.6. The number of Topliss-reactive ketones (excluding diaryl/α,β-unsaturated/α-hetero) is 1. The van der Waals surface area contributed by atoms with E-state index in [2.05, 4.69) is 5.32 Å². The predicted octanol–water partition coefficient (Wildman–Crippen LogP) is 5.14. The summed E-state index contributed by atoms with van der Waals surface area (Å²) in [4.78, 5) is 25.4. The number of carbonyl (C=O) groups is 2. The Morgan fingerprint density at radius 2 is 1.59 bits per heavy atom. The summed E-state index contributed by atoms with van der Waals surface area (Å²) in [5, 5.41) is 14.3. The van der Waals surface area contributed by atoms with Gasteiger partial charge >= 0.3 is 0 Å². The lowest BCUT2D eigenvalue weighted by atomic mass is 9.82. The van der Waals surface area contributed by atoms with Crippen molar-refractivity contribution in [3.8, 4) is 0 Å². The quantitative estimate of drug-likeness (QED) is 0.415. The lowest BCUT2D eigenvalue weighted by Gasteiger charge is -2.30. The van der Waals surface area contributed by atoms with Crippen molar-refractivity contribution in [2.45, 2.75) is 31.6 Å². The summed E-state index contributed by atoms with van der Waals surface area (Å²) < 4.78 is 6.26. The SMILES string of the molecule is CC1(C)OC2=C(C(O)C(=O)c3ccccc32)C1Nc1ccc(C(=O)/C=C/c2ccccc2)cc1. The molecule has 2 atom stereocenters. The van der Waals surface area contributed by atoms with E-state index < -0.39 is 17.7 Å². The Hall–Kier alpha value is -3.96. The molecule has 0 amide bonds. The highest BCUT2D eigenvalue weighted by Crippen LogP contribution is 2.46. The normalized spacial score (nSPS) is 20.6. The van der Waals surface area contributed by atoms with Gasteiger partial charge in [0.05, 0.1) is 6.04 Å². The van der Waals surface area contributed by atoms with Gasteiger partial charge in [0.2, 0.25) is 0 Å². The molecule has 1 aliphatic carbocycles. The molecule has 3 aromatic carbocycles. The summed E-state index contributed by atoms with van der Waals surface area (Å²) in [6.45, 7) is 3.85. The van der Waals surface area contributed by atoms with Crippen molar-refractivity contribution in [3.63, 3.8) is 0 Å². The number of benzene rings is 3. The Balaban J connectivity index is 1.39. The molecule has 5 nitrogen and oxygen atoms in total. The number of fused-ring (bicyclic) bond motifs is 2. The van der Waals surface area contributed by atoms with Gasteiger partial charge in [-0.05, 0) is 49.8 Å². The number of nitrogens with one attached hydrogen (secondary N) is 1. The van der Waals surface area contributed by atoms with Gasteiger partial charge in [-0.1, -0.05) is 60.7 Å². The first-order valence-electron chi connectivity index (χ1n) is 11.2. The molecule has 0 bridgehead atoms. The number of hydrogen-bond acceptors (Lipinski definition) is 5. The molecule has 1 aliphatic heterocycles. The molecule has 3 aromatic rings. The van der Waals surface area contributed by atoms with Crippen molar-refractivity contribution in [1.82, 2.24) is 0 Å². The third-order valence-corrected chi connectivity index (χ3v) is 6.32. The van der Waals surface area contributed by atoms with Crippen molar-refractivity contribution in [2.24, 2.45) is 0 Å². The van der Waals surface area contributed by atoms with Gasteiger partial charge < -0.3 is 15.2 Å². The molecular weight excluding hydrogens is 426 g/mol. The van der Waals surface area contributed by atoms with Crippen LogP contribution in [-0.2, 0) is 4.74 Å². The van der Waals surface area contributed by atoms with Crippen LogP contribution in [0.15, 0.2) is 90.5 Å². The summed E-state index contributed by atoms with van der Waals surface area (Å²) >= 11 is 0.